The predicted molar refractivity (Wildman–Crippen MR) is 95.4 cm³/mol. The third-order valence-electron chi connectivity index (χ3n) is 4.37. The molecule has 0 aromatic heterocycles. The van der Waals surface area contributed by atoms with Gasteiger partial charge in [-0.15, -0.1) is 0 Å². The Hall–Kier alpha value is -3.14. The van der Waals surface area contributed by atoms with Gasteiger partial charge in [0, 0.05) is 16.6 Å². The SMILES string of the molecule is Cc1ccccc1NC(=O)CN1C(=O)c2cccc3cccc1c23. The third kappa shape index (κ3) is 2.24. The first kappa shape index (κ1) is 14.5. The Balaban J connectivity index is 1.62. The lowest BCUT2D eigenvalue weighted by Crippen LogP contribution is -2.35. The van der Waals surface area contributed by atoms with Gasteiger partial charge < -0.3 is 5.32 Å². The molecule has 2 amide bonds. The van der Waals surface area contributed by atoms with Gasteiger partial charge >= 0.3 is 0 Å². The van der Waals surface area contributed by atoms with Crippen molar-refractivity contribution < 1.29 is 9.59 Å². The van der Waals surface area contributed by atoms with Crippen molar-refractivity contribution in [3.63, 3.8) is 0 Å². The monoisotopic (exact) mass is 316 g/mol. The quantitative estimate of drug-likeness (QED) is 0.800. The fourth-order valence-corrected chi connectivity index (χ4v) is 3.18. The largest absolute Gasteiger partial charge is 0.324 e. The lowest BCUT2D eigenvalue weighted by atomic mass is 10.1. The van der Waals surface area contributed by atoms with Crippen molar-refractivity contribution in [2.45, 2.75) is 6.92 Å². The fraction of sp³-hybridized carbons (Fsp3) is 0.100. The summed E-state index contributed by atoms with van der Waals surface area (Å²) in [4.78, 5) is 26.7. The first-order valence-electron chi connectivity index (χ1n) is 7.84. The highest BCUT2D eigenvalue weighted by atomic mass is 16.2. The minimum absolute atomic E-state index is 0.000953. The van der Waals surface area contributed by atoms with E-state index in [2.05, 4.69) is 5.32 Å². The first-order chi connectivity index (χ1) is 11.6. The Bertz CT molecular complexity index is 973. The molecule has 0 saturated heterocycles. The third-order valence-corrected chi connectivity index (χ3v) is 4.37. The van der Waals surface area contributed by atoms with Gasteiger partial charge in [-0.05, 0) is 36.1 Å². The van der Waals surface area contributed by atoms with Crippen LogP contribution in [0.25, 0.3) is 10.8 Å². The van der Waals surface area contributed by atoms with Crippen molar-refractivity contribution in [3.05, 3.63) is 71.8 Å². The van der Waals surface area contributed by atoms with Crippen LogP contribution in [0.4, 0.5) is 11.4 Å². The molecule has 1 aliphatic heterocycles. The second-order valence-corrected chi connectivity index (χ2v) is 5.94. The minimum Gasteiger partial charge on any atom is -0.324 e. The van der Waals surface area contributed by atoms with Crippen molar-refractivity contribution in [3.8, 4) is 0 Å². The van der Waals surface area contributed by atoms with Gasteiger partial charge in [-0.25, -0.2) is 0 Å². The van der Waals surface area contributed by atoms with E-state index in [1.165, 1.54) is 0 Å². The minimum atomic E-state index is -0.206. The highest BCUT2D eigenvalue weighted by Gasteiger charge is 2.30. The van der Waals surface area contributed by atoms with Crippen molar-refractivity contribution in [1.29, 1.82) is 0 Å². The van der Waals surface area contributed by atoms with Gasteiger partial charge in [0.2, 0.25) is 5.91 Å². The molecular weight excluding hydrogens is 300 g/mol. The summed E-state index contributed by atoms with van der Waals surface area (Å²) < 4.78 is 0. The Labute approximate surface area is 139 Å². The molecule has 1 N–H and O–H groups in total. The van der Waals surface area contributed by atoms with Crippen molar-refractivity contribution >= 4 is 34.0 Å². The van der Waals surface area contributed by atoms with Gasteiger partial charge in [0.15, 0.2) is 0 Å². The number of hydrogen-bond acceptors (Lipinski definition) is 2. The van der Waals surface area contributed by atoms with Gasteiger partial charge in [-0.2, -0.15) is 0 Å². The van der Waals surface area contributed by atoms with E-state index < -0.39 is 0 Å². The summed E-state index contributed by atoms with van der Waals surface area (Å²) in [7, 11) is 0. The van der Waals surface area contributed by atoms with E-state index in [0.29, 0.717) is 5.56 Å². The summed E-state index contributed by atoms with van der Waals surface area (Å²) in [5, 5.41) is 4.82. The molecule has 4 heteroatoms. The molecule has 0 bridgehead atoms. The zero-order valence-corrected chi connectivity index (χ0v) is 13.2. The number of nitrogens with one attached hydrogen (secondary N) is 1. The second-order valence-electron chi connectivity index (χ2n) is 5.94. The zero-order valence-electron chi connectivity index (χ0n) is 13.2. The van der Waals surface area contributed by atoms with Crippen LogP contribution in [0.1, 0.15) is 15.9 Å². The Morgan fingerprint density at radius 1 is 1.00 bits per heavy atom. The van der Waals surface area contributed by atoms with Crippen LogP contribution in [0, 0.1) is 6.92 Å². The van der Waals surface area contributed by atoms with Crippen LogP contribution in [-0.4, -0.2) is 18.4 Å². The van der Waals surface area contributed by atoms with Crippen LogP contribution in [0.15, 0.2) is 60.7 Å². The summed E-state index contributed by atoms with van der Waals surface area (Å²) in [5.41, 5.74) is 3.22. The van der Waals surface area contributed by atoms with Gasteiger partial charge in [0.25, 0.3) is 5.91 Å². The summed E-state index contributed by atoms with van der Waals surface area (Å²) in [6, 6.07) is 19.0. The molecule has 24 heavy (non-hydrogen) atoms. The van der Waals surface area contributed by atoms with E-state index in [1.54, 1.807) is 4.90 Å². The van der Waals surface area contributed by atoms with Crippen LogP contribution in [0.2, 0.25) is 0 Å². The maximum atomic E-state index is 12.7. The second kappa shape index (κ2) is 5.49. The molecule has 1 heterocycles. The number of carbonyl (C=O) groups is 2. The number of para-hydroxylation sites is 1. The normalized spacial score (nSPS) is 12.7. The molecular formula is C20H16N2O2. The van der Waals surface area contributed by atoms with E-state index in [4.69, 9.17) is 0 Å². The van der Waals surface area contributed by atoms with Gasteiger partial charge in [-0.1, -0.05) is 42.5 Å². The topological polar surface area (TPSA) is 49.4 Å². The Kier molecular flexibility index (Phi) is 3.31. The maximum absolute atomic E-state index is 12.7. The number of amides is 2. The molecule has 3 aromatic rings. The molecule has 3 aromatic carbocycles. The number of rotatable bonds is 3. The molecule has 0 atom stereocenters. The molecule has 0 saturated carbocycles. The van der Waals surface area contributed by atoms with E-state index >= 15 is 0 Å². The number of benzene rings is 3. The van der Waals surface area contributed by atoms with Crippen LogP contribution in [0.5, 0.6) is 0 Å². The average Bonchev–Trinajstić information content (AvgIpc) is 2.85. The van der Waals surface area contributed by atoms with Crippen LogP contribution in [0.3, 0.4) is 0 Å². The molecule has 4 nitrogen and oxygen atoms in total. The molecule has 1 aliphatic rings. The van der Waals surface area contributed by atoms with Gasteiger partial charge in [0.1, 0.15) is 6.54 Å². The average molecular weight is 316 g/mol. The zero-order chi connectivity index (χ0) is 16.7. The summed E-state index contributed by atoms with van der Waals surface area (Å²) in [6.07, 6.45) is 0. The fourth-order valence-electron chi connectivity index (χ4n) is 3.18. The molecule has 0 fully saturated rings. The van der Waals surface area contributed by atoms with Gasteiger partial charge in [-0.3, -0.25) is 14.5 Å². The van der Waals surface area contributed by atoms with Crippen LogP contribution in [-0.2, 0) is 4.79 Å². The predicted octanol–water partition coefficient (Wildman–Crippen LogP) is 3.75. The highest BCUT2D eigenvalue weighted by molar-refractivity contribution is 6.26. The molecule has 0 aliphatic carbocycles. The van der Waals surface area contributed by atoms with E-state index in [9.17, 15) is 9.59 Å². The Morgan fingerprint density at radius 3 is 2.54 bits per heavy atom. The Morgan fingerprint density at radius 2 is 1.75 bits per heavy atom. The summed E-state index contributed by atoms with van der Waals surface area (Å²) in [6.45, 7) is 1.94. The smallest absolute Gasteiger partial charge is 0.259 e. The van der Waals surface area contributed by atoms with Crippen LogP contribution >= 0.6 is 0 Å². The van der Waals surface area contributed by atoms with Crippen molar-refractivity contribution in [2.75, 3.05) is 16.8 Å². The van der Waals surface area contributed by atoms with Crippen molar-refractivity contribution in [2.24, 2.45) is 0 Å². The number of carbonyl (C=O) groups excluding carboxylic acids is 2. The lowest BCUT2D eigenvalue weighted by molar-refractivity contribution is -0.114. The molecule has 118 valence electrons. The summed E-state index contributed by atoms with van der Waals surface area (Å²) in [5.74, 6) is -0.329. The first-order valence-corrected chi connectivity index (χ1v) is 7.84. The standard InChI is InChI=1S/C20H16N2O2/c1-13-6-2-3-10-16(13)21-18(23)12-22-17-11-5-8-14-7-4-9-15(19(14)17)20(22)24/h2-11H,12H2,1H3,(H,21,23). The number of nitrogens with zero attached hydrogens (tertiary/aromatic N) is 1. The van der Waals surface area contributed by atoms with E-state index in [1.807, 2.05) is 67.6 Å². The number of hydrogen-bond donors (Lipinski definition) is 1. The molecule has 0 spiro atoms. The maximum Gasteiger partial charge on any atom is 0.259 e. The molecule has 4 rings (SSSR count). The lowest BCUT2D eigenvalue weighted by Gasteiger charge is -2.17. The van der Waals surface area contributed by atoms with E-state index in [0.717, 1.165) is 27.7 Å². The highest BCUT2D eigenvalue weighted by Crippen LogP contribution is 2.36. The van der Waals surface area contributed by atoms with Crippen molar-refractivity contribution in [1.82, 2.24) is 0 Å². The molecule has 0 radical (unpaired) electrons. The summed E-state index contributed by atoms with van der Waals surface area (Å²) >= 11 is 0. The number of aryl methyl sites for hydroxylation is 1. The van der Waals surface area contributed by atoms with E-state index in [-0.39, 0.29) is 18.4 Å². The number of anilines is 2. The molecule has 0 unspecified atom stereocenters. The van der Waals surface area contributed by atoms with Gasteiger partial charge in [0.05, 0.1) is 5.69 Å². The van der Waals surface area contributed by atoms with Crippen LogP contribution < -0.4 is 10.2 Å².